The maximum absolute atomic E-state index is 5.69. The fourth-order valence-corrected chi connectivity index (χ4v) is 1.75. The Balaban J connectivity index is 2.41. The first-order chi connectivity index (χ1) is 7.76. The molecule has 1 rings (SSSR count). The van der Waals surface area contributed by atoms with E-state index in [2.05, 4.69) is 36.5 Å². The lowest BCUT2D eigenvalue weighted by Crippen LogP contribution is -2.17. The molecule has 0 aromatic heterocycles. The Kier molecular flexibility index (Phi) is 6.27. The molecule has 3 heteroatoms. The summed E-state index contributed by atoms with van der Waals surface area (Å²) in [7, 11) is 1.73. The van der Waals surface area contributed by atoms with Crippen molar-refractivity contribution in [3.63, 3.8) is 0 Å². The van der Waals surface area contributed by atoms with Crippen molar-refractivity contribution in [2.45, 2.75) is 25.8 Å². The van der Waals surface area contributed by atoms with Gasteiger partial charge in [-0.25, -0.2) is 0 Å². The molecule has 0 saturated heterocycles. The molecule has 0 radical (unpaired) electrons. The van der Waals surface area contributed by atoms with Gasteiger partial charge in [0.05, 0.1) is 0 Å². The van der Waals surface area contributed by atoms with Crippen LogP contribution in [0.15, 0.2) is 24.3 Å². The number of halogens is 1. The molecule has 2 nitrogen and oxygen atoms in total. The van der Waals surface area contributed by atoms with E-state index in [9.17, 15) is 0 Å². The smallest absolute Gasteiger partial charge is 0.0481 e. The molecule has 0 amide bonds. The van der Waals surface area contributed by atoms with Gasteiger partial charge in [-0.2, -0.15) is 0 Å². The average Bonchev–Trinajstić information content (AvgIpc) is 2.29. The summed E-state index contributed by atoms with van der Waals surface area (Å²) < 4.78 is 5.05. The number of methoxy groups -OCH3 is 1. The number of aryl methyl sites for hydroxylation is 1. The minimum absolute atomic E-state index is 0.429. The van der Waals surface area contributed by atoms with E-state index in [0.29, 0.717) is 11.9 Å². The molecule has 1 N–H and O–H groups in total. The Bertz CT molecular complexity index is 286. The van der Waals surface area contributed by atoms with E-state index in [1.165, 1.54) is 5.56 Å². The van der Waals surface area contributed by atoms with Crippen molar-refractivity contribution in [1.29, 1.82) is 0 Å². The largest absolute Gasteiger partial charge is 0.385 e. The SMILES string of the molecule is COCCC(C)Nc1ccc(CCCl)cc1. The lowest BCUT2D eigenvalue weighted by atomic mass is 10.1. The lowest BCUT2D eigenvalue weighted by Gasteiger charge is -2.14. The van der Waals surface area contributed by atoms with Gasteiger partial charge >= 0.3 is 0 Å². The Morgan fingerprint density at radius 1 is 1.31 bits per heavy atom. The fourth-order valence-electron chi connectivity index (χ4n) is 1.53. The van der Waals surface area contributed by atoms with Crippen LogP contribution in [-0.4, -0.2) is 25.6 Å². The minimum Gasteiger partial charge on any atom is -0.385 e. The van der Waals surface area contributed by atoms with Gasteiger partial charge in [0.1, 0.15) is 0 Å². The summed E-state index contributed by atoms with van der Waals surface area (Å²) in [6, 6.07) is 8.87. The van der Waals surface area contributed by atoms with Crippen LogP contribution in [0, 0.1) is 0 Å². The van der Waals surface area contributed by atoms with Gasteiger partial charge in [0.25, 0.3) is 0 Å². The molecule has 0 saturated carbocycles. The maximum Gasteiger partial charge on any atom is 0.0481 e. The van der Waals surface area contributed by atoms with Crippen molar-refractivity contribution < 1.29 is 4.74 Å². The number of ether oxygens (including phenoxy) is 1. The highest BCUT2D eigenvalue weighted by atomic mass is 35.5. The molecule has 0 heterocycles. The number of hydrogen-bond donors (Lipinski definition) is 1. The average molecular weight is 242 g/mol. The van der Waals surface area contributed by atoms with E-state index < -0.39 is 0 Å². The van der Waals surface area contributed by atoms with Crippen LogP contribution < -0.4 is 5.32 Å². The molecule has 0 aliphatic carbocycles. The normalized spacial score (nSPS) is 12.4. The standard InChI is InChI=1S/C13H20ClNO/c1-11(8-10-16-2)15-13-5-3-12(4-6-13)7-9-14/h3-6,11,15H,7-10H2,1-2H3. The molecule has 1 unspecified atom stereocenters. The third-order valence-electron chi connectivity index (χ3n) is 2.51. The number of hydrogen-bond acceptors (Lipinski definition) is 2. The second-order valence-corrected chi connectivity index (χ2v) is 4.34. The van der Waals surface area contributed by atoms with Crippen LogP contribution >= 0.6 is 11.6 Å². The fraction of sp³-hybridized carbons (Fsp3) is 0.538. The summed E-state index contributed by atoms with van der Waals surface area (Å²) >= 11 is 5.69. The molecule has 0 bridgehead atoms. The maximum atomic E-state index is 5.69. The van der Waals surface area contributed by atoms with Crippen molar-refractivity contribution in [3.05, 3.63) is 29.8 Å². The van der Waals surface area contributed by atoms with Crippen LogP contribution in [0.5, 0.6) is 0 Å². The molecule has 0 aliphatic rings. The molecule has 1 aromatic carbocycles. The van der Waals surface area contributed by atoms with E-state index in [1.54, 1.807) is 7.11 Å². The third kappa shape index (κ3) is 4.86. The third-order valence-corrected chi connectivity index (χ3v) is 2.69. The van der Waals surface area contributed by atoms with Crippen LogP contribution in [0.4, 0.5) is 5.69 Å². The zero-order valence-corrected chi connectivity index (χ0v) is 10.8. The first-order valence-corrected chi connectivity index (χ1v) is 6.20. The Morgan fingerprint density at radius 3 is 2.56 bits per heavy atom. The Hall–Kier alpha value is -0.730. The van der Waals surface area contributed by atoms with Crippen molar-refractivity contribution >= 4 is 17.3 Å². The quantitative estimate of drug-likeness (QED) is 0.740. The highest BCUT2D eigenvalue weighted by Gasteiger charge is 2.01. The van der Waals surface area contributed by atoms with Crippen molar-refractivity contribution in [2.24, 2.45) is 0 Å². The molecule has 0 fully saturated rings. The molecule has 1 aromatic rings. The summed E-state index contributed by atoms with van der Waals surface area (Å²) in [5.41, 5.74) is 2.44. The van der Waals surface area contributed by atoms with Gasteiger partial charge in [0, 0.05) is 31.3 Å². The van der Waals surface area contributed by atoms with E-state index in [4.69, 9.17) is 16.3 Å². The van der Waals surface area contributed by atoms with Crippen LogP contribution in [0.3, 0.4) is 0 Å². The van der Waals surface area contributed by atoms with E-state index in [-0.39, 0.29) is 0 Å². The summed E-state index contributed by atoms with van der Waals surface area (Å²) in [6.07, 6.45) is 1.95. The Labute approximate surface area is 103 Å². The first-order valence-electron chi connectivity index (χ1n) is 5.66. The molecule has 1 atom stereocenters. The van der Waals surface area contributed by atoms with Gasteiger partial charge in [0.2, 0.25) is 0 Å². The van der Waals surface area contributed by atoms with Crippen molar-refractivity contribution in [3.8, 4) is 0 Å². The number of anilines is 1. The van der Waals surface area contributed by atoms with Crippen LogP contribution in [0.2, 0.25) is 0 Å². The predicted molar refractivity (Wildman–Crippen MR) is 70.4 cm³/mol. The van der Waals surface area contributed by atoms with E-state index in [0.717, 1.165) is 25.1 Å². The summed E-state index contributed by atoms with van der Waals surface area (Å²) in [5.74, 6) is 0.678. The van der Waals surface area contributed by atoms with Gasteiger partial charge in [-0.3, -0.25) is 0 Å². The minimum atomic E-state index is 0.429. The van der Waals surface area contributed by atoms with Gasteiger partial charge in [-0.15, -0.1) is 11.6 Å². The summed E-state index contributed by atoms with van der Waals surface area (Å²) in [5, 5.41) is 3.43. The predicted octanol–water partition coefficient (Wildman–Crippen LogP) is 3.30. The molecule has 90 valence electrons. The first kappa shape index (κ1) is 13.3. The number of benzene rings is 1. The molecule has 16 heavy (non-hydrogen) atoms. The topological polar surface area (TPSA) is 21.3 Å². The van der Waals surface area contributed by atoms with Crippen LogP contribution in [0.25, 0.3) is 0 Å². The van der Waals surface area contributed by atoms with Gasteiger partial charge in [-0.05, 0) is 37.5 Å². The van der Waals surface area contributed by atoms with E-state index >= 15 is 0 Å². The number of rotatable bonds is 7. The second-order valence-electron chi connectivity index (χ2n) is 3.96. The number of nitrogens with one attached hydrogen (secondary N) is 1. The molecule has 0 spiro atoms. The number of alkyl halides is 1. The van der Waals surface area contributed by atoms with Gasteiger partial charge in [0.15, 0.2) is 0 Å². The second kappa shape index (κ2) is 7.53. The lowest BCUT2D eigenvalue weighted by molar-refractivity contribution is 0.191. The highest BCUT2D eigenvalue weighted by molar-refractivity contribution is 6.17. The zero-order chi connectivity index (χ0) is 11.8. The van der Waals surface area contributed by atoms with Crippen LogP contribution in [0.1, 0.15) is 18.9 Å². The molecular formula is C13H20ClNO. The summed E-state index contributed by atoms with van der Waals surface area (Å²) in [4.78, 5) is 0. The Morgan fingerprint density at radius 2 is 2.00 bits per heavy atom. The van der Waals surface area contributed by atoms with Gasteiger partial charge in [-0.1, -0.05) is 12.1 Å². The summed E-state index contributed by atoms with van der Waals surface area (Å²) in [6.45, 7) is 2.95. The van der Waals surface area contributed by atoms with Gasteiger partial charge < -0.3 is 10.1 Å². The van der Waals surface area contributed by atoms with Crippen molar-refractivity contribution in [2.75, 3.05) is 24.9 Å². The van der Waals surface area contributed by atoms with Crippen molar-refractivity contribution in [1.82, 2.24) is 0 Å². The van der Waals surface area contributed by atoms with Crippen LogP contribution in [-0.2, 0) is 11.2 Å². The molecular weight excluding hydrogens is 222 g/mol. The highest BCUT2D eigenvalue weighted by Crippen LogP contribution is 2.12. The monoisotopic (exact) mass is 241 g/mol. The zero-order valence-electron chi connectivity index (χ0n) is 10.0. The molecule has 0 aliphatic heterocycles. The van der Waals surface area contributed by atoms with E-state index in [1.807, 2.05) is 0 Å².